The molecule has 1 fully saturated rings. The fourth-order valence-corrected chi connectivity index (χ4v) is 3.37. The second-order valence-electron chi connectivity index (χ2n) is 7.10. The highest BCUT2D eigenvalue weighted by Crippen LogP contribution is 2.53. The summed E-state index contributed by atoms with van der Waals surface area (Å²) in [6.07, 6.45) is 5.57. The number of rotatable bonds is 2. The molecule has 1 saturated carbocycles. The summed E-state index contributed by atoms with van der Waals surface area (Å²) in [5, 5.41) is 0. The first-order valence-electron chi connectivity index (χ1n) is 7.16. The molecule has 0 heterocycles. The Morgan fingerprint density at radius 1 is 1.26 bits per heavy atom. The van der Waals surface area contributed by atoms with Crippen LogP contribution in [0.15, 0.2) is 24.3 Å². The van der Waals surface area contributed by atoms with Gasteiger partial charge >= 0.3 is 0 Å². The average molecular weight is 254 g/mol. The molecule has 2 aliphatic carbocycles. The fourth-order valence-electron chi connectivity index (χ4n) is 3.37. The Morgan fingerprint density at radius 2 is 2.00 bits per heavy atom. The molecule has 0 spiro atoms. The normalized spacial score (nSPS) is 31.4. The quantitative estimate of drug-likeness (QED) is 0.721. The number of hydrogen-bond acceptors (Lipinski definition) is 1. The number of benzene rings is 1. The molecule has 0 saturated heterocycles. The summed E-state index contributed by atoms with van der Waals surface area (Å²) in [6.45, 7) is 9.02. The molecule has 0 aromatic heterocycles. The van der Waals surface area contributed by atoms with E-state index in [4.69, 9.17) is 0 Å². The lowest BCUT2D eigenvalue weighted by molar-refractivity contribution is -0.109. The topological polar surface area (TPSA) is 17.1 Å². The van der Waals surface area contributed by atoms with Gasteiger partial charge in [0.05, 0.1) is 0 Å². The molecule has 1 heteroatoms. The van der Waals surface area contributed by atoms with Crippen LogP contribution < -0.4 is 0 Å². The van der Waals surface area contributed by atoms with E-state index in [-0.39, 0.29) is 16.7 Å². The van der Waals surface area contributed by atoms with Gasteiger partial charge in [-0.15, -0.1) is 0 Å². The molecule has 1 aromatic rings. The van der Waals surface area contributed by atoms with Gasteiger partial charge in [-0.1, -0.05) is 45.0 Å². The van der Waals surface area contributed by atoms with Crippen LogP contribution in [-0.2, 0) is 15.6 Å². The van der Waals surface area contributed by atoms with Crippen molar-refractivity contribution in [1.29, 1.82) is 0 Å². The Hall–Kier alpha value is -1.37. The third kappa shape index (κ3) is 1.79. The summed E-state index contributed by atoms with van der Waals surface area (Å²) in [5.41, 5.74) is 5.84. The first kappa shape index (κ1) is 12.7. The first-order valence-corrected chi connectivity index (χ1v) is 7.16. The zero-order valence-corrected chi connectivity index (χ0v) is 12.3. The highest BCUT2D eigenvalue weighted by Gasteiger charge is 2.51. The predicted octanol–water partition coefficient (Wildman–Crippen LogP) is 4.25. The van der Waals surface area contributed by atoms with Crippen LogP contribution in [0.5, 0.6) is 0 Å². The second kappa shape index (κ2) is 3.82. The van der Waals surface area contributed by atoms with Gasteiger partial charge in [-0.2, -0.15) is 0 Å². The largest absolute Gasteiger partial charge is 0.303 e. The highest BCUT2D eigenvalue weighted by molar-refractivity contribution is 5.72. The Bertz CT molecular complexity index is 579. The third-order valence-corrected chi connectivity index (χ3v) is 5.22. The van der Waals surface area contributed by atoms with Crippen LogP contribution >= 0.6 is 0 Å². The molecule has 1 unspecified atom stereocenters. The number of hydrogen-bond donors (Lipinski definition) is 0. The van der Waals surface area contributed by atoms with E-state index in [1.807, 2.05) is 0 Å². The standard InChI is InChI=1S/C18H22O/c1-12-7-8-17(2,3)16-6-5-13(9-15(12)16)18(4)10-14(18)11-19/h5-7,9,11,14H,8,10H2,1-4H3/t14?,18-/m1/s1. The number of allylic oxidation sites excluding steroid dienone is 2. The minimum atomic E-state index is 0.0820. The fraction of sp³-hybridized carbons (Fsp3) is 0.500. The van der Waals surface area contributed by atoms with Gasteiger partial charge < -0.3 is 4.79 Å². The van der Waals surface area contributed by atoms with E-state index in [1.165, 1.54) is 22.3 Å². The van der Waals surface area contributed by atoms with Crippen LogP contribution in [0.25, 0.3) is 5.57 Å². The van der Waals surface area contributed by atoms with Crippen molar-refractivity contribution in [3.05, 3.63) is 41.0 Å². The maximum atomic E-state index is 11.0. The van der Waals surface area contributed by atoms with Gasteiger partial charge in [0.15, 0.2) is 0 Å². The van der Waals surface area contributed by atoms with Gasteiger partial charge in [0.1, 0.15) is 6.29 Å². The van der Waals surface area contributed by atoms with Crippen molar-refractivity contribution < 1.29 is 4.79 Å². The van der Waals surface area contributed by atoms with E-state index < -0.39 is 0 Å². The van der Waals surface area contributed by atoms with Crippen LogP contribution in [0.2, 0.25) is 0 Å². The van der Waals surface area contributed by atoms with Crippen molar-refractivity contribution >= 4 is 11.9 Å². The van der Waals surface area contributed by atoms with Gasteiger partial charge in [-0.05, 0) is 47.4 Å². The van der Waals surface area contributed by atoms with Crippen molar-refractivity contribution in [3.8, 4) is 0 Å². The SMILES string of the molecule is CC1=CCC(C)(C)c2ccc([C@@]3(C)CC3C=O)cc21. The van der Waals surface area contributed by atoms with Crippen molar-refractivity contribution in [2.75, 3.05) is 0 Å². The molecule has 0 radical (unpaired) electrons. The minimum absolute atomic E-state index is 0.0820. The van der Waals surface area contributed by atoms with Crippen LogP contribution in [0, 0.1) is 5.92 Å². The molecular weight excluding hydrogens is 232 g/mol. The van der Waals surface area contributed by atoms with Gasteiger partial charge in [0.25, 0.3) is 0 Å². The Morgan fingerprint density at radius 3 is 2.63 bits per heavy atom. The molecule has 0 N–H and O–H groups in total. The zero-order chi connectivity index (χ0) is 13.8. The summed E-state index contributed by atoms with van der Waals surface area (Å²) in [4.78, 5) is 11.0. The molecule has 0 bridgehead atoms. The van der Waals surface area contributed by atoms with Crippen LogP contribution in [-0.4, -0.2) is 6.29 Å². The monoisotopic (exact) mass is 254 g/mol. The number of aldehydes is 1. The van der Waals surface area contributed by atoms with E-state index in [0.717, 1.165) is 19.1 Å². The van der Waals surface area contributed by atoms with Crippen LogP contribution in [0.4, 0.5) is 0 Å². The molecule has 0 amide bonds. The van der Waals surface area contributed by atoms with Crippen molar-refractivity contribution in [2.24, 2.45) is 5.92 Å². The molecule has 2 aliphatic rings. The Kier molecular flexibility index (Phi) is 2.54. The van der Waals surface area contributed by atoms with Crippen molar-refractivity contribution in [2.45, 2.75) is 51.4 Å². The van der Waals surface area contributed by atoms with Crippen LogP contribution in [0.1, 0.15) is 57.2 Å². The predicted molar refractivity (Wildman–Crippen MR) is 79.3 cm³/mol. The average Bonchev–Trinajstić information content (AvgIpc) is 3.07. The lowest BCUT2D eigenvalue weighted by Gasteiger charge is -2.32. The van der Waals surface area contributed by atoms with Gasteiger partial charge in [-0.25, -0.2) is 0 Å². The highest BCUT2D eigenvalue weighted by atomic mass is 16.1. The van der Waals surface area contributed by atoms with E-state index in [9.17, 15) is 4.79 Å². The van der Waals surface area contributed by atoms with Gasteiger partial charge in [0.2, 0.25) is 0 Å². The number of carbonyl (C=O) groups is 1. The molecule has 1 aromatic carbocycles. The van der Waals surface area contributed by atoms with E-state index >= 15 is 0 Å². The van der Waals surface area contributed by atoms with Crippen molar-refractivity contribution in [1.82, 2.24) is 0 Å². The Balaban J connectivity index is 2.08. The third-order valence-electron chi connectivity index (χ3n) is 5.22. The maximum Gasteiger partial charge on any atom is 0.123 e. The second-order valence-corrected chi connectivity index (χ2v) is 7.10. The summed E-state index contributed by atoms with van der Waals surface area (Å²) in [6, 6.07) is 6.85. The summed E-state index contributed by atoms with van der Waals surface area (Å²) in [5.74, 6) is 0.214. The number of fused-ring (bicyclic) bond motifs is 1. The summed E-state index contributed by atoms with van der Waals surface area (Å²) in [7, 11) is 0. The summed E-state index contributed by atoms with van der Waals surface area (Å²) >= 11 is 0. The van der Waals surface area contributed by atoms with Gasteiger partial charge in [-0.3, -0.25) is 0 Å². The molecule has 19 heavy (non-hydrogen) atoms. The molecule has 3 rings (SSSR count). The number of carbonyl (C=O) groups excluding carboxylic acids is 1. The molecule has 100 valence electrons. The maximum absolute atomic E-state index is 11.0. The van der Waals surface area contributed by atoms with Crippen molar-refractivity contribution in [3.63, 3.8) is 0 Å². The molecule has 1 nitrogen and oxygen atoms in total. The lowest BCUT2D eigenvalue weighted by Crippen LogP contribution is -2.22. The molecular formula is C18H22O. The molecule has 0 aliphatic heterocycles. The van der Waals surface area contributed by atoms with E-state index in [1.54, 1.807) is 0 Å². The lowest BCUT2D eigenvalue weighted by atomic mass is 9.72. The minimum Gasteiger partial charge on any atom is -0.303 e. The van der Waals surface area contributed by atoms with Crippen LogP contribution in [0.3, 0.4) is 0 Å². The van der Waals surface area contributed by atoms with Gasteiger partial charge in [0, 0.05) is 11.3 Å². The van der Waals surface area contributed by atoms with E-state index in [2.05, 4.69) is 52.0 Å². The zero-order valence-electron chi connectivity index (χ0n) is 12.3. The van der Waals surface area contributed by atoms with E-state index in [0.29, 0.717) is 0 Å². The first-order chi connectivity index (χ1) is 8.88. The smallest absolute Gasteiger partial charge is 0.123 e. The summed E-state index contributed by atoms with van der Waals surface area (Å²) < 4.78 is 0. The Labute approximate surface area is 115 Å². The molecule has 2 atom stereocenters.